The first-order chi connectivity index (χ1) is 9.54. The molecule has 0 aliphatic carbocycles. The van der Waals surface area contributed by atoms with Crippen LogP contribution in [0.2, 0.25) is 0 Å². The molecule has 0 aromatic heterocycles. The number of carbonyl (C=O) groups excluding carboxylic acids is 1. The summed E-state index contributed by atoms with van der Waals surface area (Å²) in [5.41, 5.74) is 2.36. The molecular weight excluding hydrogens is 250 g/mol. The van der Waals surface area contributed by atoms with Gasteiger partial charge in [-0.3, -0.25) is 4.79 Å². The van der Waals surface area contributed by atoms with E-state index in [1.807, 2.05) is 26.0 Å². The van der Waals surface area contributed by atoms with Crippen molar-refractivity contribution in [3.05, 3.63) is 23.3 Å². The summed E-state index contributed by atoms with van der Waals surface area (Å²) in [4.78, 5) is 11.8. The molecule has 1 rings (SSSR count). The van der Waals surface area contributed by atoms with Crippen molar-refractivity contribution < 1.29 is 9.90 Å². The number of anilines is 1. The van der Waals surface area contributed by atoms with Gasteiger partial charge in [0.25, 0.3) is 0 Å². The number of aryl methyl sites for hydroxylation is 2. The fourth-order valence-corrected chi connectivity index (χ4v) is 2.32. The van der Waals surface area contributed by atoms with Crippen LogP contribution >= 0.6 is 0 Å². The van der Waals surface area contributed by atoms with E-state index >= 15 is 0 Å². The van der Waals surface area contributed by atoms with Crippen LogP contribution in [0.1, 0.15) is 63.0 Å². The van der Waals surface area contributed by atoms with E-state index in [0.29, 0.717) is 12.2 Å². The summed E-state index contributed by atoms with van der Waals surface area (Å²) in [5, 5.41) is 12.6. The topological polar surface area (TPSA) is 49.3 Å². The van der Waals surface area contributed by atoms with Crippen LogP contribution < -0.4 is 5.32 Å². The Balaban J connectivity index is 2.32. The third kappa shape index (κ3) is 5.64. The number of phenols is 1. The van der Waals surface area contributed by atoms with Gasteiger partial charge in [-0.15, -0.1) is 0 Å². The monoisotopic (exact) mass is 277 g/mol. The Labute approximate surface area is 122 Å². The summed E-state index contributed by atoms with van der Waals surface area (Å²) in [5.74, 6) is 0.365. The highest BCUT2D eigenvalue weighted by Gasteiger charge is 2.06. The summed E-state index contributed by atoms with van der Waals surface area (Å²) >= 11 is 0. The Hall–Kier alpha value is -1.51. The van der Waals surface area contributed by atoms with E-state index in [9.17, 15) is 9.90 Å². The summed E-state index contributed by atoms with van der Waals surface area (Å²) in [6.45, 7) is 5.88. The van der Waals surface area contributed by atoms with E-state index in [1.165, 1.54) is 25.7 Å². The molecule has 0 saturated carbocycles. The van der Waals surface area contributed by atoms with E-state index in [0.717, 1.165) is 29.7 Å². The zero-order valence-corrected chi connectivity index (χ0v) is 13.0. The quantitative estimate of drug-likeness (QED) is 0.534. The zero-order chi connectivity index (χ0) is 15.0. The van der Waals surface area contributed by atoms with Crippen molar-refractivity contribution in [2.24, 2.45) is 0 Å². The molecule has 1 aromatic rings. The molecule has 0 atom stereocenters. The first kappa shape index (κ1) is 16.5. The van der Waals surface area contributed by atoms with E-state index in [1.54, 1.807) is 0 Å². The minimum Gasteiger partial charge on any atom is -0.507 e. The number of carbonyl (C=O) groups is 1. The normalized spacial score (nSPS) is 10.6. The molecular formula is C17H27NO2. The first-order valence-electron chi connectivity index (χ1n) is 7.64. The molecule has 20 heavy (non-hydrogen) atoms. The summed E-state index contributed by atoms with van der Waals surface area (Å²) in [7, 11) is 0. The molecule has 0 unspecified atom stereocenters. The van der Waals surface area contributed by atoms with Gasteiger partial charge in [-0.2, -0.15) is 0 Å². The van der Waals surface area contributed by atoms with Gasteiger partial charge in [0.15, 0.2) is 0 Å². The molecule has 0 aliphatic heterocycles. The van der Waals surface area contributed by atoms with Crippen molar-refractivity contribution in [2.45, 2.75) is 65.7 Å². The van der Waals surface area contributed by atoms with Crippen LogP contribution in [-0.4, -0.2) is 11.0 Å². The maximum absolute atomic E-state index is 11.8. The number of hydrogen-bond donors (Lipinski definition) is 2. The molecule has 0 saturated heterocycles. The average molecular weight is 277 g/mol. The molecule has 2 N–H and O–H groups in total. The molecule has 0 spiro atoms. The van der Waals surface area contributed by atoms with Crippen LogP contribution in [-0.2, 0) is 4.79 Å². The second-order valence-electron chi connectivity index (χ2n) is 5.52. The SMILES string of the molecule is CCCCCCCCC(=O)Nc1cc(C)c(O)c(C)c1. The highest BCUT2D eigenvalue weighted by molar-refractivity contribution is 5.91. The number of amides is 1. The molecule has 1 aromatic carbocycles. The van der Waals surface area contributed by atoms with Crippen molar-refractivity contribution in [2.75, 3.05) is 5.32 Å². The smallest absolute Gasteiger partial charge is 0.224 e. The van der Waals surface area contributed by atoms with Gasteiger partial charge in [0.1, 0.15) is 5.75 Å². The number of aromatic hydroxyl groups is 1. The van der Waals surface area contributed by atoms with Crippen molar-refractivity contribution in [1.82, 2.24) is 0 Å². The van der Waals surface area contributed by atoms with Crippen LogP contribution in [0, 0.1) is 13.8 Å². The van der Waals surface area contributed by atoms with Gasteiger partial charge in [0.2, 0.25) is 5.91 Å². The van der Waals surface area contributed by atoms with Crippen LogP contribution in [0.3, 0.4) is 0 Å². The molecule has 0 aliphatic rings. The predicted octanol–water partition coefficient (Wildman–Crippen LogP) is 4.70. The standard InChI is InChI=1S/C17H27NO2/c1-4-5-6-7-8-9-10-16(19)18-15-11-13(2)17(20)14(3)12-15/h11-12,20H,4-10H2,1-3H3,(H,18,19). The van der Waals surface area contributed by atoms with Gasteiger partial charge < -0.3 is 10.4 Å². The fourth-order valence-electron chi connectivity index (χ4n) is 2.32. The maximum atomic E-state index is 11.8. The van der Waals surface area contributed by atoms with Crippen LogP contribution in [0.15, 0.2) is 12.1 Å². The van der Waals surface area contributed by atoms with Crippen LogP contribution in [0.5, 0.6) is 5.75 Å². The highest BCUT2D eigenvalue weighted by Crippen LogP contribution is 2.25. The summed E-state index contributed by atoms with van der Waals surface area (Å²) in [6, 6.07) is 3.61. The molecule has 1 amide bonds. The van der Waals surface area contributed by atoms with Gasteiger partial charge in [0.05, 0.1) is 0 Å². The Morgan fingerprint density at radius 1 is 1.05 bits per heavy atom. The van der Waals surface area contributed by atoms with E-state index in [-0.39, 0.29) is 5.91 Å². The average Bonchev–Trinajstić information content (AvgIpc) is 2.40. The lowest BCUT2D eigenvalue weighted by Gasteiger charge is -2.09. The number of hydrogen-bond acceptors (Lipinski definition) is 2. The lowest BCUT2D eigenvalue weighted by Crippen LogP contribution is -2.11. The zero-order valence-electron chi connectivity index (χ0n) is 13.0. The number of benzene rings is 1. The lowest BCUT2D eigenvalue weighted by atomic mass is 10.1. The Bertz CT molecular complexity index is 418. The van der Waals surface area contributed by atoms with Gasteiger partial charge in [0, 0.05) is 12.1 Å². The Kier molecular flexibility index (Phi) is 7.13. The predicted molar refractivity (Wildman–Crippen MR) is 84.2 cm³/mol. The Morgan fingerprint density at radius 2 is 1.60 bits per heavy atom. The van der Waals surface area contributed by atoms with Crippen molar-refractivity contribution in [1.29, 1.82) is 0 Å². The molecule has 0 radical (unpaired) electrons. The largest absolute Gasteiger partial charge is 0.507 e. The third-order valence-corrected chi connectivity index (χ3v) is 3.53. The summed E-state index contributed by atoms with van der Waals surface area (Å²) in [6.07, 6.45) is 7.68. The van der Waals surface area contributed by atoms with Crippen LogP contribution in [0.4, 0.5) is 5.69 Å². The third-order valence-electron chi connectivity index (χ3n) is 3.53. The van der Waals surface area contributed by atoms with E-state index in [4.69, 9.17) is 0 Å². The second kappa shape index (κ2) is 8.62. The number of nitrogens with one attached hydrogen (secondary N) is 1. The fraction of sp³-hybridized carbons (Fsp3) is 0.588. The minimum atomic E-state index is 0.0602. The number of rotatable bonds is 8. The van der Waals surface area contributed by atoms with Gasteiger partial charge in [-0.1, -0.05) is 39.0 Å². The molecule has 0 bridgehead atoms. The Morgan fingerprint density at radius 3 is 2.20 bits per heavy atom. The molecule has 0 fully saturated rings. The first-order valence-corrected chi connectivity index (χ1v) is 7.64. The van der Waals surface area contributed by atoms with Crippen molar-refractivity contribution >= 4 is 11.6 Å². The minimum absolute atomic E-state index is 0.0602. The van der Waals surface area contributed by atoms with Crippen LogP contribution in [0.25, 0.3) is 0 Å². The molecule has 0 heterocycles. The molecule has 3 nitrogen and oxygen atoms in total. The van der Waals surface area contributed by atoms with E-state index in [2.05, 4.69) is 12.2 Å². The number of unbranched alkanes of at least 4 members (excludes halogenated alkanes) is 5. The summed E-state index contributed by atoms with van der Waals surface area (Å²) < 4.78 is 0. The second-order valence-corrected chi connectivity index (χ2v) is 5.52. The molecule has 112 valence electrons. The molecule has 3 heteroatoms. The van der Waals surface area contributed by atoms with Crippen molar-refractivity contribution in [3.63, 3.8) is 0 Å². The van der Waals surface area contributed by atoms with Gasteiger partial charge in [-0.25, -0.2) is 0 Å². The number of phenolic OH excluding ortho intramolecular Hbond substituents is 1. The van der Waals surface area contributed by atoms with Gasteiger partial charge >= 0.3 is 0 Å². The van der Waals surface area contributed by atoms with Gasteiger partial charge in [-0.05, 0) is 43.5 Å². The van der Waals surface area contributed by atoms with E-state index < -0.39 is 0 Å². The van der Waals surface area contributed by atoms with Crippen molar-refractivity contribution in [3.8, 4) is 5.75 Å². The maximum Gasteiger partial charge on any atom is 0.224 e. The lowest BCUT2D eigenvalue weighted by molar-refractivity contribution is -0.116. The highest BCUT2D eigenvalue weighted by atomic mass is 16.3.